The van der Waals surface area contributed by atoms with Gasteiger partial charge >= 0.3 is 0 Å². The normalized spacial score (nSPS) is 11.2. The second-order valence-corrected chi connectivity index (χ2v) is 4.95. The van der Waals surface area contributed by atoms with Gasteiger partial charge in [-0.25, -0.2) is 8.42 Å². The van der Waals surface area contributed by atoms with Crippen molar-refractivity contribution >= 4 is 27.3 Å². The molecule has 6 heteroatoms. The van der Waals surface area contributed by atoms with Crippen LogP contribution in [0.25, 0.3) is 0 Å². The number of amides is 1. The van der Waals surface area contributed by atoms with E-state index in [1.165, 1.54) is 7.05 Å². The fourth-order valence-electron chi connectivity index (χ4n) is 0.593. The van der Waals surface area contributed by atoms with E-state index in [2.05, 4.69) is 5.32 Å². The van der Waals surface area contributed by atoms with Crippen LogP contribution in [-0.4, -0.2) is 38.8 Å². The molecule has 0 spiro atoms. The summed E-state index contributed by atoms with van der Waals surface area (Å²) in [5, 5.41) is 2.34. The summed E-state index contributed by atoms with van der Waals surface area (Å²) in [5.41, 5.74) is 0. The molecule has 0 rings (SSSR count). The Morgan fingerprint density at radius 2 is 2.00 bits per heavy atom. The Hall–Kier alpha value is -0.290. The Bertz CT molecular complexity index is 237. The second-order valence-electron chi connectivity index (χ2n) is 2.26. The van der Waals surface area contributed by atoms with Crippen LogP contribution < -0.4 is 5.32 Å². The van der Waals surface area contributed by atoms with Gasteiger partial charge in [-0.1, -0.05) is 0 Å². The molecule has 72 valence electrons. The minimum atomic E-state index is -3.13. The largest absolute Gasteiger partial charge is 0.359 e. The molecule has 0 aromatic heterocycles. The summed E-state index contributed by atoms with van der Waals surface area (Å²) in [6.45, 7) is 0. The molecule has 12 heavy (non-hydrogen) atoms. The Balaban J connectivity index is 3.84. The summed E-state index contributed by atoms with van der Waals surface area (Å²) >= 11 is 5.26. The molecule has 0 aliphatic rings. The first-order valence-corrected chi connectivity index (χ1v) is 5.84. The number of carbonyl (C=O) groups is 1. The average Bonchev–Trinajstić information content (AvgIpc) is 2.00. The SMILES string of the molecule is CNC(=O)CCS(=O)(=O)CCCl. The van der Waals surface area contributed by atoms with Gasteiger partial charge < -0.3 is 5.32 Å². The van der Waals surface area contributed by atoms with Crippen molar-refractivity contribution in [3.05, 3.63) is 0 Å². The molecule has 0 radical (unpaired) electrons. The first kappa shape index (κ1) is 11.7. The Kier molecular flexibility index (Phi) is 5.24. The minimum Gasteiger partial charge on any atom is -0.359 e. The first-order valence-electron chi connectivity index (χ1n) is 3.49. The minimum absolute atomic E-state index is 0.00965. The van der Waals surface area contributed by atoms with Crippen LogP contribution in [0.15, 0.2) is 0 Å². The summed E-state index contributed by atoms with van der Waals surface area (Å²) in [4.78, 5) is 10.7. The molecule has 0 saturated heterocycles. The highest BCUT2D eigenvalue weighted by atomic mass is 35.5. The third-order valence-corrected chi connectivity index (χ3v) is 3.37. The summed E-state index contributed by atoms with van der Waals surface area (Å²) < 4.78 is 22.0. The average molecular weight is 214 g/mol. The van der Waals surface area contributed by atoms with E-state index in [4.69, 9.17) is 11.6 Å². The number of alkyl halides is 1. The number of hydrogen-bond acceptors (Lipinski definition) is 3. The van der Waals surface area contributed by atoms with Gasteiger partial charge in [-0.05, 0) is 0 Å². The Morgan fingerprint density at radius 1 is 1.42 bits per heavy atom. The van der Waals surface area contributed by atoms with Crippen LogP contribution >= 0.6 is 11.6 Å². The van der Waals surface area contributed by atoms with Gasteiger partial charge in [-0.15, -0.1) is 11.6 Å². The van der Waals surface area contributed by atoms with Crippen molar-refractivity contribution in [2.24, 2.45) is 0 Å². The summed E-state index contributed by atoms with van der Waals surface area (Å²) in [7, 11) is -1.66. The summed E-state index contributed by atoms with van der Waals surface area (Å²) in [6.07, 6.45) is 0.00965. The topological polar surface area (TPSA) is 63.2 Å². The molecule has 0 unspecified atom stereocenters. The van der Waals surface area contributed by atoms with E-state index in [0.29, 0.717) is 0 Å². The highest BCUT2D eigenvalue weighted by molar-refractivity contribution is 7.91. The Morgan fingerprint density at radius 3 is 2.42 bits per heavy atom. The molecule has 0 aliphatic carbocycles. The monoisotopic (exact) mass is 213 g/mol. The van der Waals surface area contributed by atoms with Crippen molar-refractivity contribution in [2.45, 2.75) is 6.42 Å². The molecule has 0 aliphatic heterocycles. The van der Waals surface area contributed by atoms with Crippen molar-refractivity contribution in [1.82, 2.24) is 5.32 Å². The van der Waals surface area contributed by atoms with Crippen molar-refractivity contribution < 1.29 is 13.2 Å². The van der Waals surface area contributed by atoms with Gasteiger partial charge in [0.1, 0.15) is 0 Å². The van der Waals surface area contributed by atoms with Gasteiger partial charge in [0.15, 0.2) is 9.84 Å². The fourth-order valence-corrected chi connectivity index (χ4v) is 2.23. The number of halogens is 1. The number of carbonyl (C=O) groups excluding carboxylic acids is 1. The maximum atomic E-state index is 11.0. The smallest absolute Gasteiger partial charge is 0.220 e. The lowest BCUT2D eigenvalue weighted by atomic mass is 10.5. The second kappa shape index (κ2) is 5.37. The highest BCUT2D eigenvalue weighted by Gasteiger charge is 2.11. The van der Waals surface area contributed by atoms with Crippen LogP contribution in [0.2, 0.25) is 0 Å². The van der Waals surface area contributed by atoms with E-state index >= 15 is 0 Å². The first-order chi connectivity index (χ1) is 5.52. The third-order valence-electron chi connectivity index (χ3n) is 1.31. The molecule has 1 N–H and O–H groups in total. The summed E-state index contributed by atoms with van der Waals surface area (Å²) in [6, 6.07) is 0. The van der Waals surface area contributed by atoms with Crippen LogP contribution in [-0.2, 0) is 14.6 Å². The number of sulfone groups is 1. The zero-order chi connectivity index (χ0) is 9.61. The maximum Gasteiger partial charge on any atom is 0.220 e. The van der Waals surface area contributed by atoms with E-state index in [-0.39, 0.29) is 29.7 Å². The maximum absolute atomic E-state index is 11.0. The molecule has 1 amide bonds. The van der Waals surface area contributed by atoms with Gasteiger partial charge in [0.25, 0.3) is 0 Å². The molecule has 0 saturated carbocycles. The van der Waals surface area contributed by atoms with Gasteiger partial charge in [-0.2, -0.15) is 0 Å². The number of hydrogen-bond donors (Lipinski definition) is 1. The zero-order valence-corrected chi connectivity index (χ0v) is 8.41. The van der Waals surface area contributed by atoms with Crippen molar-refractivity contribution in [3.8, 4) is 0 Å². The van der Waals surface area contributed by atoms with E-state index in [9.17, 15) is 13.2 Å². The molecular formula is C6H12ClNO3S. The van der Waals surface area contributed by atoms with Crippen LogP contribution in [0.4, 0.5) is 0 Å². The predicted molar refractivity (Wildman–Crippen MR) is 48.1 cm³/mol. The van der Waals surface area contributed by atoms with Crippen molar-refractivity contribution in [2.75, 3.05) is 24.4 Å². The van der Waals surface area contributed by atoms with Crippen molar-refractivity contribution in [1.29, 1.82) is 0 Å². The lowest BCUT2D eigenvalue weighted by molar-refractivity contribution is -0.120. The molecule has 0 atom stereocenters. The number of rotatable bonds is 5. The number of nitrogens with one attached hydrogen (secondary N) is 1. The quantitative estimate of drug-likeness (QED) is 0.642. The summed E-state index contributed by atoms with van der Waals surface area (Å²) in [5.74, 6) is -0.380. The molecule has 0 bridgehead atoms. The third kappa shape index (κ3) is 5.37. The van der Waals surface area contributed by atoms with Gasteiger partial charge in [0.05, 0.1) is 11.5 Å². The molecule has 4 nitrogen and oxygen atoms in total. The van der Waals surface area contributed by atoms with E-state index in [1.807, 2.05) is 0 Å². The molecule has 0 fully saturated rings. The molecule has 0 aromatic rings. The zero-order valence-electron chi connectivity index (χ0n) is 6.84. The molecular weight excluding hydrogens is 202 g/mol. The predicted octanol–water partition coefficient (Wildman–Crippen LogP) is -0.224. The van der Waals surface area contributed by atoms with E-state index < -0.39 is 9.84 Å². The molecule has 0 heterocycles. The fraction of sp³-hybridized carbons (Fsp3) is 0.833. The van der Waals surface area contributed by atoms with E-state index in [1.54, 1.807) is 0 Å². The Labute approximate surface area is 77.2 Å². The van der Waals surface area contributed by atoms with Crippen LogP contribution in [0.3, 0.4) is 0 Å². The van der Waals surface area contributed by atoms with Gasteiger partial charge in [0.2, 0.25) is 5.91 Å². The lowest BCUT2D eigenvalue weighted by Gasteiger charge is -2.00. The van der Waals surface area contributed by atoms with Crippen LogP contribution in [0.1, 0.15) is 6.42 Å². The molecule has 0 aromatic carbocycles. The lowest BCUT2D eigenvalue weighted by Crippen LogP contribution is -2.22. The van der Waals surface area contributed by atoms with Crippen LogP contribution in [0, 0.1) is 0 Å². The van der Waals surface area contributed by atoms with Gasteiger partial charge in [0, 0.05) is 19.3 Å². The van der Waals surface area contributed by atoms with Crippen molar-refractivity contribution in [3.63, 3.8) is 0 Å². The highest BCUT2D eigenvalue weighted by Crippen LogP contribution is 1.95. The van der Waals surface area contributed by atoms with Gasteiger partial charge in [-0.3, -0.25) is 4.79 Å². The standard InChI is InChI=1S/C6H12ClNO3S/c1-8-6(9)2-4-12(10,11)5-3-7/h2-5H2,1H3,(H,8,9). The van der Waals surface area contributed by atoms with Crippen LogP contribution in [0.5, 0.6) is 0 Å². The van der Waals surface area contributed by atoms with E-state index in [0.717, 1.165) is 0 Å².